The van der Waals surface area contributed by atoms with Crippen molar-refractivity contribution in [1.82, 2.24) is 0 Å². The SMILES string of the molecule is O=[N+]([O-])C1=Cc2cc(F)ccc2O[C@@H]1c1ccccc1. The van der Waals surface area contributed by atoms with Crippen molar-refractivity contribution >= 4 is 6.08 Å². The van der Waals surface area contributed by atoms with Crippen molar-refractivity contribution in [3.63, 3.8) is 0 Å². The topological polar surface area (TPSA) is 52.4 Å². The Kier molecular flexibility index (Phi) is 2.95. The highest BCUT2D eigenvalue weighted by Gasteiger charge is 2.33. The van der Waals surface area contributed by atoms with E-state index in [1.54, 1.807) is 24.3 Å². The third-order valence-corrected chi connectivity index (χ3v) is 3.10. The highest BCUT2D eigenvalue weighted by molar-refractivity contribution is 5.62. The van der Waals surface area contributed by atoms with E-state index in [1.807, 2.05) is 6.07 Å². The number of fused-ring (bicyclic) bond motifs is 1. The van der Waals surface area contributed by atoms with Gasteiger partial charge in [-0.2, -0.15) is 0 Å². The molecule has 0 spiro atoms. The van der Waals surface area contributed by atoms with Crippen molar-refractivity contribution in [3.05, 3.63) is 81.3 Å². The first-order chi connectivity index (χ1) is 9.65. The summed E-state index contributed by atoms with van der Waals surface area (Å²) in [4.78, 5) is 10.7. The molecule has 0 fully saturated rings. The van der Waals surface area contributed by atoms with Crippen LogP contribution in [-0.4, -0.2) is 4.92 Å². The predicted octanol–water partition coefficient (Wildman–Crippen LogP) is 3.58. The Morgan fingerprint density at radius 3 is 2.60 bits per heavy atom. The molecule has 0 aromatic heterocycles. The third kappa shape index (κ3) is 2.14. The Hall–Kier alpha value is -2.69. The van der Waals surface area contributed by atoms with Gasteiger partial charge < -0.3 is 4.74 Å². The molecule has 0 saturated heterocycles. The van der Waals surface area contributed by atoms with Gasteiger partial charge in [-0.3, -0.25) is 10.1 Å². The second-order valence-electron chi connectivity index (χ2n) is 4.42. The number of rotatable bonds is 2. The Morgan fingerprint density at radius 2 is 1.90 bits per heavy atom. The van der Waals surface area contributed by atoms with Crippen molar-refractivity contribution in [1.29, 1.82) is 0 Å². The summed E-state index contributed by atoms with van der Waals surface area (Å²) in [6.07, 6.45) is 0.573. The molecule has 1 aliphatic heterocycles. The molecule has 0 aliphatic carbocycles. The number of hydrogen-bond donors (Lipinski definition) is 0. The zero-order chi connectivity index (χ0) is 14.1. The first-order valence-electron chi connectivity index (χ1n) is 6.02. The van der Waals surface area contributed by atoms with Gasteiger partial charge in [0.2, 0.25) is 6.10 Å². The number of hydrogen-bond acceptors (Lipinski definition) is 3. The van der Waals surface area contributed by atoms with Crippen molar-refractivity contribution in [2.75, 3.05) is 0 Å². The van der Waals surface area contributed by atoms with E-state index in [0.717, 1.165) is 0 Å². The molecule has 0 bridgehead atoms. The van der Waals surface area contributed by atoms with E-state index in [9.17, 15) is 14.5 Å². The van der Waals surface area contributed by atoms with Gasteiger partial charge in [-0.15, -0.1) is 0 Å². The second kappa shape index (κ2) is 4.77. The van der Waals surface area contributed by atoms with Crippen molar-refractivity contribution in [2.24, 2.45) is 0 Å². The highest BCUT2D eigenvalue weighted by Crippen LogP contribution is 2.37. The lowest BCUT2D eigenvalue weighted by Crippen LogP contribution is -2.19. The Balaban J connectivity index is 2.10. The van der Waals surface area contributed by atoms with Crippen LogP contribution in [0.5, 0.6) is 5.75 Å². The Morgan fingerprint density at radius 1 is 1.15 bits per heavy atom. The Labute approximate surface area is 114 Å². The molecule has 1 aliphatic rings. The van der Waals surface area contributed by atoms with Gasteiger partial charge in [0.05, 0.1) is 4.92 Å². The van der Waals surface area contributed by atoms with Gasteiger partial charge in [-0.1, -0.05) is 30.3 Å². The molecule has 2 aromatic carbocycles. The van der Waals surface area contributed by atoms with Crippen LogP contribution in [0.25, 0.3) is 6.08 Å². The van der Waals surface area contributed by atoms with Crippen LogP contribution < -0.4 is 4.74 Å². The monoisotopic (exact) mass is 271 g/mol. The molecular formula is C15H10FNO3. The summed E-state index contributed by atoms with van der Waals surface area (Å²) in [6.45, 7) is 0. The van der Waals surface area contributed by atoms with Crippen LogP contribution in [0.2, 0.25) is 0 Å². The van der Waals surface area contributed by atoms with E-state index >= 15 is 0 Å². The minimum Gasteiger partial charge on any atom is -0.474 e. The zero-order valence-electron chi connectivity index (χ0n) is 10.3. The fourth-order valence-electron chi connectivity index (χ4n) is 2.18. The molecule has 0 N–H and O–H groups in total. The van der Waals surface area contributed by atoms with Crippen LogP contribution in [0.4, 0.5) is 4.39 Å². The van der Waals surface area contributed by atoms with E-state index in [0.29, 0.717) is 16.9 Å². The number of nitro groups is 1. The van der Waals surface area contributed by atoms with Crippen molar-refractivity contribution in [2.45, 2.75) is 6.10 Å². The molecule has 20 heavy (non-hydrogen) atoms. The largest absolute Gasteiger partial charge is 0.474 e. The van der Waals surface area contributed by atoms with E-state index in [1.165, 1.54) is 24.3 Å². The van der Waals surface area contributed by atoms with Gasteiger partial charge in [0, 0.05) is 17.2 Å². The van der Waals surface area contributed by atoms with Gasteiger partial charge in [-0.05, 0) is 18.2 Å². The highest BCUT2D eigenvalue weighted by atomic mass is 19.1. The average Bonchev–Trinajstić information content (AvgIpc) is 2.46. The van der Waals surface area contributed by atoms with Crippen LogP contribution in [0, 0.1) is 15.9 Å². The summed E-state index contributed by atoms with van der Waals surface area (Å²) in [6, 6.07) is 12.9. The minimum atomic E-state index is -0.788. The smallest absolute Gasteiger partial charge is 0.291 e. The van der Waals surface area contributed by atoms with Gasteiger partial charge >= 0.3 is 0 Å². The fraction of sp³-hybridized carbons (Fsp3) is 0.0667. The molecule has 0 amide bonds. The van der Waals surface area contributed by atoms with E-state index in [4.69, 9.17) is 4.74 Å². The first kappa shape index (κ1) is 12.3. The van der Waals surface area contributed by atoms with Gasteiger partial charge in [0.15, 0.2) is 0 Å². The average molecular weight is 271 g/mol. The summed E-state index contributed by atoms with van der Waals surface area (Å²) in [5.41, 5.74) is 0.962. The van der Waals surface area contributed by atoms with Crippen LogP contribution in [0.15, 0.2) is 54.2 Å². The fourth-order valence-corrected chi connectivity index (χ4v) is 2.18. The number of benzene rings is 2. The van der Waals surface area contributed by atoms with Crippen LogP contribution in [-0.2, 0) is 0 Å². The number of ether oxygens (including phenoxy) is 1. The van der Waals surface area contributed by atoms with Gasteiger partial charge in [0.1, 0.15) is 11.6 Å². The molecular weight excluding hydrogens is 261 g/mol. The molecule has 2 aromatic rings. The summed E-state index contributed by atoms with van der Waals surface area (Å²) in [5.74, 6) is -0.0182. The molecule has 5 heteroatoms. The van der Waals surface area contributed by atoms with Crippen molar-refractivity contribution < 1.29 is 14.1 Å². The lowest BCUT2D eigenvalue weighted by atomic mass is 10.0. The molecule has 0 unspecified atom stereocenters. The van der Waals surface area contributed by atoms with Gasteiger partial charge in [0.25, 0.3) is 5.70 Å². The maximum atomic E-state index is 13.2. The standard InChI is InChI=1S/C15H10FNO3/c16-12-6-7-14-11(8-12)9-13(17(18)19)15(20-14)10-4-2-1-3-5-10/h1-9,15H/t15-/m1/s1. The van der Waals surface area contributed by atoms with Crippen LogP contribution >= 0.6 is 0 Å². The lowest BCUT2D eigenvalue weighted by molar-refractivity contribution is -0.434. The lowest BCUT2D eigenvalue weighted by Gasteiger charge is -2.22. The Bertz CT molecular complexity index is 698. The van der Waals surface area contributed by atoms with E-state index < -0.39 is 16.8 Å². The molecule has 0 radical (unpaired) electrons. The first-order valence-corrected chi connectivity index (χ1v) is 6.02. The van der Waals surface area contributed by atoms with E-state index in [-0.39, 0.29) is 5.70 Å². The molecule has 1 atom stereocenters. The number of halogens is 1. The summed E-state index contributed by atoms with van der Waals surface area (Å²) in [7, 11) is 0. The third-order valence-electron chi connectivity index (χ3n) is 3.10. The summed E-state index contributed by atoms with van der Waals surface area (Å²) < 4.78 is 18.9. The zero-order valence-corrected chi connectivity index (χ0v) is 10.3. The molecule has 0 saturated carbocycles. The molecule has 3 rings (SSSR count). The maximum absolute atomic E-state index is 13.2. The maximum Gasteiger partial charge on any atom is 0.291 e. The normalized spacial score (nSPS) is 16.9. The molecule has 100 valence electrons. The summed E-state index contributed by atoms with van der Waals surface area (Å²) in [5, 5.41) is 11.2. The minimum absolute atomic E-state index is 0.102. The molecule has 1 heterocycles. The number of nitrogens with zero attached hydrogens (tertiary/aromatic N) is 1. The van der Waals surface area contributed by atoms with Crippen LogP contribution in [0.3, 0.4) is 0 Å². The van der Waals surface area contributed by atoms with Gasteiger partial charge in [-0.25, -0.2) is 4.39 Å². The molecule has 4 nitrogen and oxygen atoms in total. The summed E-state index contributed by atoms with van der Waals surface area (Å²) >= 11 is 0. The van der Waals surface area contributed by atoms with Crippen LogP contribution in [0.1, 0.15) is 17.2 Å². The second-order valence-corrected chi connectivity index (χ2v) is 4.42. The van der Waals surface area contributed by atoms with E-state index in [2.05, 4.69) is 0 Å². The predicted molar refractivity (Wildman–Crippen MR) is 71.2 cm³/mol. The quantitative estimate of drug-likeness (QED) is 0.619. The van der Waals surface area contributed by atoms with Crippen molar-refractivity contribution in [3.8, 4) is 5.75 Å².